The van der Waals surface area contributed by atoms with Gasteiger partial charge in [0.2, 0.25) is 0 Å². The van der Waals surface area contributed by atoms with Crippen LogP contribution < -0.4 is 0 Å². The van der Waals surface area contributed by atoms with Crippen LogP contribution >= 0.6 is 0 Å². The molecule has 0 saturated heterocycles. The minimum atomic E-state index is -0.420. The first-order chi connectivity index (χ1) is 10.6. The Kier molecular flexibility index (Phi) is 4.92. The molecule has 2 rings (SSSR count). The number of ether oxygens (including phenoxy) is 1. The highest BCUT2D eigenvalue weighted by Crippen LogP contribution is 2.22. The minimum Gasteiger partial charge on any atom is -0.465 e. The molecule has 5 heteroatoms. The Hall–Kier alpha value is -2.65. The van der Waals surface area contributed by atoms with Gasteiger partial charge in [0.1, 0.15) is 0 Å². The second-order valence-electron chi connectivity index (χ2n) is 4.91. The summed E-state index contributed by atoms with van der Waals surface area (Å²) in [7, 11) is 1.32. The highest BCUT2D eigenvalue weighted by atomic mass is 16.5. The Morgan fingerprint density at radius 1 is 1.23 bits per heavy atom. The molecule has 0 atom stereocenters. The van der Waals surface area contributed by atoms with Gasteiger partial charge in [-0.15, -0.1) is 5.73 Å². The maximum atomic E-state index is 12.1. The number of fused-ring (bicyclic) bond motifs is 1. The third-order valence-electron chi connectivity index (χ3n) is 3.42. The molecule has 0 fully saturated rings. The molecular weight excluding hydrogens is 282 g/mol. The lowest BCUT2D eigenvalue weighted by Crippen LogP contribution is -2.30. The number of carbonyl (C=O) groups excluding carboxylic acids is 3. The van der Waals surface area contributed by atoms with Crippen molar-refractivity contribution in [2.75, 3.05) is 13.7 Å². The number of nitrogens with zero attached hydrogens (tertiary/aromatic N) is 1. The average molecular weight is 299 g/mol. The summed E-state index contributed by atoms with van der Waals surface area (Å²) in [5.41, 5.74) is 4.14. The maximum Gasteiger partial charge on any atom is 0.341 e. The fourth-order valence-corrected chi connectivity index (χ4v) is 2.23. The molecule has 22 heavy (non-hydrogen) atoms. The van der Waals surface area contributed by atoms with Gasteiger partial charge >= 0.3 is 5.97 Å². The smallest absolute Gasteiger partial charge is 0.341 e. The van der Waals surface area contributed by atoms with Crippen LogP contribution in [0.15, 0.2) is 41.6 Å². The Labute approximate surface area is 128 Å². The van der Waals surface area contributed by atoms with Crippen molar-refractivity contribution in [1.29, 1.82) is 0 Å². The van der Waals surface area contributed by atoms with Crippen LogP contribution in [0.5, 0.6) is 0 Å². The van der Waals surface area contributed by atoms with Gasteiger partial charge in [-0.2, -0.15) is 0 Å². The lowest BCUT2D eigenvalue weighted by atomic mass is 10.1. The molecule has 1 heterocycles. The Balaban J connectivity index is 1.92. The topological polar surface area (TPSA) is 63.7 Å². The third-order valence-corrected chi connectivity index (χ3v) is 3.42. The van der Waals surface area contributed by atoms with E-state index in [1.807, 2.05) is 0 Å². The van der Waals surface area contributed by atoms with E-state index >= 15 is 0 Å². The van der Waals surface area contributed by atoms with Gasteiger partial charge in [-0.25, -0.2) is 4.79 Å². The summed E-state index contributed by atoms with van der Waals surface area (Å²) in [5.74, 6) is -0.909. The molecule has 1 aromatic carbocycles. The fourth-order valence-electron chi connectivity index (χ4n) is 2.23. The van der Waals surface area contributed by atoms with Crippen molar-refractivity contribution >= 4 is 17.8 Å². The second kappa shape index (κ2) is 6.87. The Morgan fingerprint density at radius 3 is 2.36 bits per heavy atom. The SMILES string of the molecule is COC(=O)C(C)=C=CCCCN1C(=O)c2ccccc2C1=O. The first kappa shape index (κ1) is 15.7. The number of rotatable bonds is 5. The molecule has 114 valence electrons. The molecule has 0 N–H and O–H groups in total. The standard InChI is InChI=1S/C17H17NO4/c1-12(17(21)22-2)8-4-3-7-11-18-15(19)13-9-5-6-10-14(13)16(18)20/h4-6,9-10H,3,7,11H2,1-2H3. The summed E-state index contributed by atoms with van der Waals surface area (Å²) < 4.78 is 4.56. The number of methoxy groups -OCH3 is 1. The van der Waals surface area contributed by atoms with E-state index < -0.39 is 5.97 Å². The van der Waals surface area contributed by atoms with Gasteiger partial charge in [-0.3, -0.25) is 14.5 Å². The predicted octanol–water partition coefficient (Wildman–Crippen LogP) is 2.34. The molecule has 0 saturated carbocycles. The monoisotopic (exact) mass is 299 g/mol. The summed E-state index contributed by atoms with van der Waals surface area (Å²) in [6.07, 6.45) is 2.94. The van der Waals surface area contributed by atoms with Crippen molar-refractivity contribution in [2.24, 2.45) is 0 Å². The number of imide groups is 1. The lowest BCUT2D eigenvalue weighted by Gasteiger charge is -2.12. The molecule has 1 aliphatic heterocycles. The van der Waals surface area contributed by atoms with Crippen LogP contribution in [-0.2, 0) is 9.53 Å². The van der Waals surface area contributed by atoms with Crippen LogP contribution in [0.2, 0.25) is 0 Å². The molecule has 2 amide bonds. The third kappa shape index (κ3) is 3.15. The van der Waals surface area contributed by atoms with Gasteiger partial charge in [-0.1, -0.05) is 12.1 Å². The molecule has 5 nitrogen and oxygen atoms in total. The highest BCUT2D eigenvalue weighted by Gasteiger charge is 2.34. The molecule has 0 radical (unpaired) electrons. The van der Waals surface area contributed by atoms with Crippen molar-refractivity contribution in [3.05, 3.63) is 52.8 Å². The molecule has 0 spiro atoms. The highest BCUT2D eigenvalue weighted by molar-refractivity contribution is 6.21. The molecule has 0 aromatic heterocycles. The summed E-state index contributed by atoms with van der Waals surface area (Å²) in [4.78, 5) is 36.7. The summed E-state index contributed by atoms with van der Waals surface area (Å²) in [5, 5.41) is 0. The summed E-state index contributed by atoms with van der Waals surface area (Å²) in [6, 6.07) is 6.82. The number of benzene rings is 1. The van der Waals surface area contributed by atoms with Gasteiger partial charge in [0, 0.05) is 6.54 Å². The number of hydrogen-bond acceptors (Lipinski definition) is 4. The van der Waals surface area contributed by atoms with Crippen molar-refractivity contribution in [3.8, 4) is 0 Å². The van der Waals surface area contributed by atoms with Gasteiger partial charge in [0.05, 0.1) is 23.8 Å². The van der Waals surface area contributed by atoms with Gasteiger partial charge in [0.15, 0.2) is 0 Å². The van der Waals surface area contributed by atoms with Crippen molar-refractivity contribution in [2.45, 2.75) is 19.8 Å². The fraction of sp³-hybridized carbons (Fsp3) is 0.294. The van der Waals surface area contributed by atoms with Crippen LogP contribution in [-0.4, -0.2) is 36.3 Å². The van der Waals surface area contributed by atoms with Crippen molar-refractivity contribution < 1.29 is 19.1 Å². The Morgan fingerprint density at radius 2 is 1.82 bits per heavy atom. The molecule has 0 bridgehead atoms. The zero-order valence-corrected chi connectivity index (χ0v) is 12.6. The molecule has 0 unspecified atom stereocenters. The minimum absolute atomic E-state index is 0.245. The quantitative estimate of drug-likeness (QED) is 0.275. The molecule has 0 aliphatic carbocycles. The van der Waals surface area contributed by atoms with Crippen LogP contribution in [0.1, 0.15) is 40.5 Å². The van der Waals surface area contributed by atoms with Crippen LogP contribution in [0.4, 0.5) is 0 Å². The predicted molar refractivity (Wildman–Crippen MR) is 80.3 cm³/mol. The van der Waals surface area contributed by atoms with Crippen molar-refractivity contribution in [1.82, 2.24) is 4.90 Å². The van der Waals surface area contributed by atoms with Crippen molar-refractivity contribution in [3.63, 3.8) is 0 Å². The molecule has 1 aliphatic rings. The number of carbonyl (C=O) groups is 3. The summed E-state index contributed by atoms with van der Waals surface area (Å²) >= 11 is 0. The Bertz CT molecular complexity index is 649. The van der Waals surface area contributed by atoms with Crippen LogP contribution in [0.25, 0.3) is 0 Å². The summed E-state index contributed by atoms with van der Waals surface area (Å²) in [6.45, 7) is 1.97. The normalized spacial score (nSPS) is 12.7. The lowest BCUT2D eigenvalue weighted by molar-refractivity contribution is -0.136. The number of unbranched alkanes of at least 4 members (excludes halogenated alkanes) is 1. The van der Waals surface area contributed by atoms with Gasteiger partial charge < -0.3 is 4.74 Å². The number of esters is 1. The van der Waals surface area contributed by atoms with E-state index in [1.54, 1.807) is 37.3 Å². The van der Waals surface area contributed by atoms with E-state index in [0.717, 1.165) is 0 Å². The van der Waals surface area contributed by atoms with Gasteiger partial charge in [-0.05, 0) is 38.0 Å². The van der Waals surface area contributed by atoms with E-state index in [0.29, 0.717) is 36.1 Å². The molecule has 1 aromatic rings. The zero-order valence-electron chi connectivity index (χ0n) is 12.6. The van der Waals surface area contributed by atoms with E-state index in [2.05, 4.69) is 10.5 Å². The van der Waals surface area contributed by atoms with E-state index in [4.69, 9.17) is 0 Å². The maximum absolute atomic E-state index is 12.1. The first-order valence-corrected chi connectivity index (χ1v) is 7.01. The van der Waals surface area contributed by atoms with Crippen LogP contribution in [0.3, 0.4) is 0 Å². The van der Waals surface area contributed by atoms with E-state index in [-0.39, 0.29) is 11.8 Å². The van der Waals surface area contributed by atoms with Gasteiger partial charge in [0.25, 0.3) is 11.8 Å². The molecular formula is C17H17NO4. The zero-order chi connectivity index (χ0) is 16.1. The average Bonchev–Trinajstić information content (AvgIpc) is 2.78. The number of hydrogen-bond donors (Lipinski definition) is 0. The second-order valence-corrected chi connectivity index (χ2v) is 4.91. The first-order valence-electron chi connectivity index (χ1n) is 7.01. The number of amides is 2. The van der Waals surface area contributed by atoms with E-state index in [9.17, 15) is 14.4 Å². The van der Waals surface area contributed by atoms with E-state index in [1.165, 1.54) is 12.0 Å². The van der Waals surface area contributed by atoms with Crippen LogP contribution in [0, 0.1) is 0 Å². The largest absolute Gasteiger partial charge is 0.465 e.